The average molecular weight is 483 g/mol. The van der Waals surface area contributed by atoms with Gasteiger partial charge in [0.25, 0.3) is 0 Å². The van der Waals surface area contributed by atoms with Crippen molar-refractivity contribution < 1.29 is 17.3 Å². The molecule has 0 atom stereocenters. The monoisotopic (exact) mass is 482 g/mol. The Morgan fingerprint density at radius 2 is 0.971 bits per heavy atom. The summed E-state index contributed by atoms with van der Waals surface area (Å²) in [5, 5.41) is 0. The Balaban J connectivity index is 1.37. The predicted molar refractivity (Wildman–Crippen MR) is 133 cm³/mol. The van der Waals surface area contributed by atoms with Crippen LogP contribution in [0.25, 0.3) is 45.1 Å². The van der Waals surface area contributed by atoms with Crippen molar-refractivity contribution in [1.29, 1.82) is 0 Å². The van der Waals surface area contributed by atoms with E-state index in [1.807, 2.05) is 0 Å². The van der Waals surface area contributed by atoms with Crippen LogP contribution in [0.5, 0.6) is 0 Å². The molecule has 0 aliphatic carbocycles. The average Bonchev–Trinajstić information content (AvgIpc) is 3.48. The number of oxazole rings is 2. The highest BCUT2D eigenvalue weighted by Gasteiger charge is 2.21. The lowest BCUT2D eigenvalue weighted by molar-refractivity contribution is 0.596. The summed E-state index contributed by atoms with van der Waals surface area (Å²) in [6.07, 6.45) is 0. The fourth-order valence-corrected chi connectivity index (χ4v) is 5.08. The summed E-state index contributed by atoms with van der Waals surface area (Å²) in [4.78, 5) is 9.13. The molecule has 0 unspecified atom stereocenters. The molecule has 6 rings (SSSR count). The molecule has 35 heavy (non-hydrogen) atoms. The normalized spacial score (nSPS) is 11.9. The number of aromatic nitrogens is 2. The van der Waals surface area contributed by atoms with E-state index in [-0.39, 0.29) is 9.79 Å². The summed E-state index contributed by atoms with van der Waals surface area (Å²) < 4.78 is 38.4. The topological polar surface area (TPSA) is 138 Å². The van der Waals surface area contributed by atoms with Gasteiger partial charge in [-0.05, 0) is 84.9 Å². The van der Waals surface area contributed by atoms with Crippen LogP contribution in [0.4, 0.5) is 11.4 Å². The van der Waals surface area contributed by atoms with Gasteiger partial charge in [0, 0.05) is 22.5 Å². The summed E-state index contributed by atoms with van der Waals surface area (Å²) in [5.41, 5.74) is 16.1. The van der Waals surface area contributed by atoms with Gasteiger partial charge in [-0.2, -0.15) is 0 Å². The first-order chi connectivity index (χ1) is 16.9. The highest BCUT2D eigenvalue weighted by Crippen LogP contribution is 2.31. The molecule has 0 saturated carbocycles. The van der Waals surface area contributed by atoms with Gasteiger partial charge in [-0.15, -0.1) is 0 Å². The van der Waals surface area contributed by atoms with E-state index in [1.165, 1.54) is 24.3 Å². The Kier molecular flexibility index (Phi) is 4.61. The number of rotatable bonds is 4. The van der Waals surface area contributed by atoms with Crippen molar-refractivity contribution in [3.63, 3.8) is 0 Å². The van der Waals surface area contributed by atoms with Gasteiger partial charge in [0.15, 0.2) is 11.2 Å². The lowest BCUT2D eigenvalue weighted by Crippen LogP contribution is -2.01. The maximum atomic E-state index is 13.4. The summed E-state index contributed by atoms with van der Waals surface area (Å²) in [6, 6.07) is 23.4. The predicted octanol–water partition coefficient (Wildman–Crippen LogP) is 5.30. The summed E-state index contributed by atoms with van der Waals surface area (Å²) in [6.45, 7) is 0. The van der Waals surface area contributed by atoms with E-state index in [1.54, 1.807) is 60.7 Å². The molecule has 0 fully saturated rings. The van der Waals surface area contributed by atoms with Gasteiger partial charge in [-0.25, -0.2) is 18.4 Å². The molecule has 8 nitrogen and oxygen atoms in total. The number of fused-ring (bicyclic) bond motifs is 2. The Bertz CT molecular complexity index is 1690. The molecule has 0 amide bonds. The van der Waals surface area contributed by atoms with Gasteiger partial charge >= 0.3 is 0 Å². The molecule has 172 valence electrons. The van der Waals surface area contributed by atoms with Crippen molar-refractivity contribution in [1.82, 2.24) is 9.97 Å². The summed E-state index contributed by atoms with van der Waals surface area (Å²) >= 11 is 0. The van der Waals surface area contributed by atoms with Gasteiger partial charge < -0.3 is 20.3 Å². The first-order valence-corrected chi connectivity index (χ1v) is 12.1. The van der Waals surface area contributed by atoms with Crippen molar-refractivity contribution in [2.75, 3.05) is 11.5 Å². The van der Waals surface area contributed by atoms with Crippen LogP contribution in [0.2, 0.25) is 0 Å². The molecular weight excluding hydrogens is 464 g/mol. The van der Waals surface area contributed by atoms with Crippen LogP contribution in [0.1, 0.15) is 0 Å². The molecule has 0 saturated heterocycles. The number of nitrogens with two attached hydrogens (primary N) is 2. The fourth-order valence-electron chi connectivity index (χ4n) is 3.78. The van der Waals surface area contributed by atoms with Crippen molar-refractivity contribution >= 4 is 43.4 Å². The largest absolute Gasteiger partial charge is 0.436 e. The van der Waals surface area contributed by atoms with E-state index in [2.05, 4.69) is 9.97 Å². The van der Waals surface area contributed by atoms with Crippen LogP contribution < -0.4 is 11.5 Å². The molecule has 0 spiro atoms. The second kappa shape index (κ2) is 7.71. The second-order valence-corrected chi connectivity index (χ2v) is 9.99. The summed E-state index contributed by atoms with van der Waals surface area (Å²) in [7, 11) is -3.84. The minimum absolute atomic E-state index is 0.101. The van der Waals surface area contributed by atoms with Crippen LogP contribution in [0.15, 0.2) is 104 Å². The Labute approximate surface area is 199 Å². The van der Waals surface area contributed by atoms with Crippen molar-refractivity contribution in [2.24, 2.45) is 0 Å². The van der Waals surface area contributed by atoms with Crippen molar-refractivity contribution in [2.45, 2.75) is 9.79 Å². The minimum atomic E-state index is -3.84. The Hall–Kier alpha value is -4.63. The van der Waals surface area contributed by atoms with Crippen LogP contribution in [0, 0.1) is 0 Å². The van der Waals surface area contributed by atoms with Crippen molar-refractivity contribution in [3.8, 4) is 22.9 Å². The molecule has 4 aromatic carbocycles. The van der Waals surface area contributed by atoms with E-state index >= 15 is 0 Å². The van der Waals surface area contributed by atoms with E-state index < -0.39 is 9.84 Å². The first-order valence-electron chi connectivity index (χ1n) is 10.6. The van der Waals surface area contributed by atoms with E-state index in [0.29, 0.717) is 45.4 Å². The maximum absolute atomic E-state index is 13.4. The van der Waals surface area contributed by atoms with Crippen LogP contribution in [-0.4, -0.2) is 18.4 Å². The minimum Gasteiger partial charge on any atom is -0.436 e. The lowest BCUT2D eigenvalue weighted by Gasteiger charge is -2.04. The molecule has 2 heterocycles. The van der Waals surface area contributed by atoms with Crippen LogP contribution >= 0.6 is 0 Å². The standard InChI is InChI=1S/C26H18N4O4S/c27-17-5-1-15(2-6-17)25-29-21-13-19(9-11-23(21)33-25)35(31,32)20-10-12-24-22(14-20)30-26(34-24)16-3-7-18(28)8-4-16/h1-14H,27-28H2. The number of hydrogen-bond donors (Lipinski definition) is 2. The van der Waals surface area contributed by atoms with Gasteiger partial charge in [0.1, 0.15) is 11.0 Å². The zero-order chi connectivity index (χ0) is 24.2. The molecule has 0 aliphatic heterocycles. The molecular formula is C26H18N4O4S. The number of hydrogen-bond acceptors (Lipinski definition) is 8. The molecule has 9 heteroatoms. The second-order valence-electron chi connectivity index (χ2n) is 8.04. The first kappa shape index (κ1) is 20.9. The molecule has 0 aliphatic rings. The molecule has 2 aromatic heterocycles. The third-order valence-corrected chi connectivity index (χ3v) is 7.40. The molecule has 6 aromatic rings. The number of benzene rings is 4. The third-order valence-electron chi connectivity index (χ3n) is 5.65. The quantitative estimate of drug-likeness (QED) is 0.323. The van der Waals surface area contributed by atoms with Gasteiger partial charge in [0.05, 0.1) is 9.79 Å². The molecule has 0 bridgehead atoms. The highest BCUT2D eigenvalue weighted by molar-refractivity contribution is 7.91. The van der Waals surface area contributed by atoms with Gasteiger partial charge in [0.2, 0.25) is 21.6 Å². The number of nitrogens with zero attached hydrogens (tertiary/aromatic N) is 2. The SMILES string of the molecule is Nc1ccc(-c2nc3cc(S(=O)(=O)c4ccc5oc(-c6ccc(N)cc6)nc5c4)ccc3o2)cc1. The van der Waals surface area contributed by atoms with E-state index in [4.69, 9.17) is 20.3 Å². The van der Waals surface area contributed by atoms with Gasteiger partial charge in [-0.1, -0.05) is 0 Å². The smallest absolute Gasteiger partial charge is 0.227 e. The van der Waals surface area contributed by atoms with Crippen LogP contribution in [0.3, 0.4) is 0 Å². The lowest BCUT2D eigenvalue weighted by atomic mass is 10.2. The molecule has 4 N–H and O–H groups in total. The molecule has 0 radical (unpaired) electrons. The fraction of sp³-hybridized carbons (Fsp3) is 0. The maximum Gasteiger partial charge on any atom is 0.227 e. The zero-order valence-electron chi connectivity index (χ0n) is 18.2. The number of sulfone groups is 1. The van der Waals surface area contributed by atoms with E-state index in [9.17, 15) is 8.42 Å². The Morgan fingerprint density at radius 1 is 0.571 bits per heavy atom. The van der Waals surface area contributed by atoms with Crippen molar-refractivity contribution in [3.05, 3.63) is 84.9 Å². The zero-order valence-corrected chi connectivity index (χ0v) is 19.0. The van der Waals surface area contributed by atoms with Gasteiger partial charge in [-0.3, -0.25) is 0 Å². The number of nitrogen functional groups attached to an aromatic ring is 2. The third kappa shape index (κ3) is 3.68. The Morgan fingerprint density at radius 3 is 1.37 bits per heavy atom. The number of anilines is 2. The van der Waals surface area contributed by atoms with Crippen LogP contribution in [-0.2, 0) is 9.84 Å². The summed E-state index contributed by atoms with van der Waals surface area (Å²) in [5.74, 6) is 0.766. The van der Waals surface area contributed by atoms with E-state index in [0.717, 1.165) is 11.1 Å². The highest BCUT2D eigenvalue weighted by atomic mass is 32.2.